The minimum absolute atomic E-state index is 0.0492. The summed E-state index contributed by atoms with van der Waals surface area (Å²) in [6.07, 6.45) is 5.19. The van der Waals surface area contributed by atoms with Crippen molar-refractivity contribution in [2.24, 2.45) is 5.92 Å². The van der Waals surface area contributed by atoms with Gasteiger partial charge in [0.25, 0.3) is 5.91 Å². The van der Waals surface area contributed by atoms with E-state index in [9.17, 15) is 9.59 Å². The minimum atomic E-state index is 0.0492. The summed E-state index contributed by atoms with van der Waals surface area (Å²) in [5, 5.41) is 0. The maximum absolute atomic E-state index is 13.4. The second kappa shape index (κ2) is 9.00. The molecule has 1 atom stereocenters. The van der Waals surface area contributed by atoms with Crippen LogP contribution in [0.2, 0.25) is 0 Å². The number of aromatic nitrogens is 1. The molecule has 3 rings (SSSR count). The van der Waals surface area contributed by atoms with Crippen molar-refractivity contribution < 1.29 is 9.59 Å². The quantitative estimate of drug-likeness (QED) is 0.794. The number of nitrogens with zero attached hydrogens (tertiary/aromatic N) is 3. The molecule has 0 aliphatic carbocycles. The fourth-order valence-corrected chi connectivity index (χ4v) is 3.89. The predicted molar refractivity (Wildman–Crippen MR) is 111 cm³/mol. The summed E-state index contributed by atoms with van der Waals surface area (Å²) in [5.74, 6) is 0.574. The molecule has 2 amide bonds. The summed E-state index contributed by atoms with van der Waals surface area (Å²) in [6, 6.07) is 11.9. The van der Waals surface area contributed by atoms with Gasteiger partial charge in [-0.25, -0.2) is 0 Å². The fraction of sp³-hybridized carbons (Fsp3) is 0.435. The third kappa shape index (κ3) is 4.58. The highest BCUT2D eigenvalue weighted by molar-refractivity contribution is 6.01. The van der Waals surface area contributed by atoms with E-state index < -0.39 is 0 Å². The zero-order valence-corrected chi connectivity index (χ0v) is 17.0. The Morgan fingerprint density at radius 2 is 1.93 bits per heavy atom. The third-order valence-corrected chi connectivity index (χ3v) is 5.51. The van der Waals surface area contributed by atoms with E-state index in [1.807, 2.05) is 48.2 Å². The summed E-state index contributed by atoms with van der Waals surface area (Å²) >= 11 is 0. The van der Waals surface area contributed by atoms with E-state index in [0.717, 1.165) is 42.6 Å². The molecule has 2 heterocycles. The lowest BCUT2D eigenvalue weighted by molar-refractivity contribution is -0.129. The van der Waals surface area contributed by atoms with E-state index >= 15 is 0 Å². The van der Waals surface area contributed by atoms with E-state index in [2.05, 4.69) is 4.98 Å². The second-order valence-corrected chi connectivity index (χ2v) is 7.77. The molecule has 5 nitrogen and oxygen atoms in total. The monoisotopic (exact) mass is 379 g/mol. The lowest BCUT2D eigenvalue weighted by Gasteiger charge is -2.33. The number of carbonyl (C=O) groups is 2. The highest BCUT2D eigenvalue weighted by Crippen LogP contribution is 2.29. The number of piperidine rings is 1. The minimum Gasteiger partial charge on any atom is -0.349 e. The number of carbonyl (C=O) groups excluding carboxylic acids is 2. The molecule has 1 saturated heterocycles. The van der Waals surface area contributed by atoms with Crippen molar-refractivity contribution in [1.82, 2.24) is 14.8 Å². The van der Waals surface area contributed by atoms with Gasteiger partial charge in [0.2, 0.25) is 5.91 Å². The van der Waals surface area contributed by atoms with Crippen LogP contribution in [0.4, 0.5) is 0 Å². The van der Waals surface area contributed by atoms with Crippen molar-refractivity contribution in [2.45, 2.75) is 32.6 Å². The van der Waals surface area contributed by atoms with Crippen molar-refractivity contribution >= 4 is 11.8 Å². The largest absolute Gasteiger partial charge is 0.349 e. The second-order valence-electron chi connectivity index (χ2n) is 7.77. The molecule has 0 spiro atoms. The summed E-state index contributed by atoms with van der Waals surface area (Å²) in [5.41, 5.74) is 3.42. The first-order valence-electron chi connectivity index (χ1n) is 9.98. The highest BCUT2D eigenvalue weighted by atomic mass is 16.2. The Labute approximate surface area is 167 Å². The first kappa shape index (κ1) is 20.1. The maximum atomic E-state index is 13.4. The van der Waals surface area contributed by atoms with Crippen LogP contribution < -0.4 is 0 Å². The highest BCUT2D eigenvalue weighted by Gasteiger charge is 2.27. The van der Waals surface area contributed by atoms with Gasteiger partial charge in [0.05, 0.1) is 11.3 Å². The Morgan fingerprint density at radius 3 is 2.64 bits per heavy atom. The molecule has 2 aromatic rings. The fourth-order valence-electron chi connectivity index (χ4n) is 3.89. The number of pyridine rings is 1. The number of amides is 2. The number of aryl methyl sites for hydroxylation is 1. The van der Waals surface area contributed by atoms with Crippen molar-refractivity contribution in [1.29, 1.82) is 0 Å². The van der Waals surface area contributed by atoms with Crippen molar-refractivity contribution in [3.05, 3.63) is 53.9 Å². The Kier molecular flexibility index (Phi) is 6.45. The van der Waals surface area contributed by atoms with Crippen LogP contribution in [-0.2, 0) is 4.79 Å². The SMILES string of the molecule is Cc1nccc(-c2ccccc2)c1C(=O)N1CCCC(CCC(=O)N(C)C)C1. The van der Waals surface area contributed by atoms with Crippen LogP contribution in [0, 0.1) is 12.8 Å². The lowest BCUT2D eigenvalue weighted by atomic mass is 9.91. The van der Waals surface area contributed by atoms with Gasteiger partial charge in [0.15, 0.2) is 0 Å². The molecule has 0 saturated carbocycles. The van der Waals surface area contributed by atoms with Crippen LogP contribution in [0.5, 0.6) is 0 Å². The molecule has 0 radical (unpaired) electrons. The molecule has 1 aliphatic rings. The first-order valence-corrected chi connectivity index (χ1v) is 9.98. The topological polar surface area (TPSA) is 53.5 Å². The van der Waals surface area contributed by atoms with Gasteiger partial charge in [0, 0.05) is 39.8 Å². The zero-order valence-electron chi connectivity index (χ0n) is 17.0. The number of likely N-dealkylation sites (tertiary alicyclic amines) is 1. The molecular formula is C23H29N3O2. The van der Waals surface area contributed by atoms with Crippen LogP contribution in [0.25, 0.3) is 11.1 Å². The molecule has 1 aliphatic heterocycles. The molecular weight excluding hydrogens is 350 g/mol. The average Bonchev–Trinajstić information content (AvgIpc) is 2.72. The zero-order chi connectivity index (χ0) is 20.1. The predicted octanol–water partition coefficient (Wildman–Crippen LogP) is 3.78. The molecule has 0 bridgehead atoms. The molecule has 28 heavy (non-hydrogen) atoms. The Bertz CT molecular complexity index is 833. The van der Waals surface area contributed by atoms with E-state index in [1.54, 1.807) is 25.2 Å². The Balaban J connectivity index is 1.78. The summed E-state index contributed by atoms with van der Waals surface area (Å²) in [6.45, 7) is 3.37. The van der Waals surface area contributed by atoms with Crippen molar-refractivity contribution in [2.75, 3.05) is 27.2 Å². The molecule has 148 valence electrons. The first-order chi connectivity index (χ1) is 13.5. The van der Waals surface area contributed by atoms with E-state index in [-0.39, 0.29) is 11.8 Å². The van der Waals surface area contributed by atoms with Gasteiger partial charge in [-0.2, -0.15) is 0 Å². The van der Waals surface area contributed by atoms with Gasteiger partial charge in [0.1, 0.15) is 0 Å². The van der Waals surface area contributed by atoms with Crippen LogP contribution in [-0.4, -0.2) is 53.8 Å². The van der Waals surface area contributed by atoms with Crippen molar-refractivity contribution in [3.63, 3.8) is 0 Å². The average molecular weight is 380 g/mol. The van der Waals surface area contributed by atoms with Crippen LogP contribution >= 0.6 is 0 Å². The van der Waals surface area contributed by atoms with Crippen molar-refractivity contribution in [3.8, 4) is 11.1 Å². The van der Waals surface area contributed by atoms with Gasteiger partial charge < -0.3 is 9.80 Å². The normalized spacial score (nSPS) is 16.7. The Morgan fingerprint density at radius 1 is 1.18 bits per heavy atom. The van der Waals surface area contributed by atoms with E-state index in [1.165, 1.54) is 0 Å². The van der Waals surface area contributed by atoms with Gasteiger partial charge in [-0.15, -0.1) is 0 Å². The number of rotatable bonds is 5. The van der Waals surface area contributed by atoms with E-state index in [4.69, 9.17) is 0 Å². The van der Waals surface area contributed by atoms with Crippen LogP contribution in [0.3, 0.4) is 0 Å². The number of hydrogen-bond donors (Lipinski definition) is 0. The van der Waals surface area contributed by atoms with Gasteiger partial charge in [-0.1, -0.05) is 30.3 Å². The lowest BCUT2D eigenvalue weighted by Crippen LogP contribution is -2.40. The smallest absolute Gasteiger partial charge is 0.256 e. The summed E-state index contributed by atoms with van der Waals surface area (Å²) in [4.78, 5) is 33.3. The molecule has 1 aromatic carbocycles. The van der Waals surface area contributed by atoms with Crippen LogP contribution in [0.15, 0.2) is 42.6 Å². The molecule has 0 N–H and O–H groups in total. The molecule has 1 fully saturated rings. The summed E-state index contributed by atoms with van der Waals surface area (Å²) < 4.78 is 0. The molecule has 1 unspecified atom stereocenters. The van der Waals surface area contributed by atoms with Gasteiger partial charge in [-0.05, 0) is 49.3 Å². The van der Waals surface area contributed by atoms with Crippen LogP contribution in [0.1, 0.15) is 41.7 Å². The summed E-state index contributed by atoms with van der Waals surface area (Å²) in [7, 11) is 3.57. The maximum Gasteiger partial charge on any atom is 0.256 e. The van der Waals surface area contributed by atoms with Gasteiger partial charge >= 0.3 is 0 Å². The molecule has 1 aromatic heterocycles. The van der Waals surface area contributed by atoms with E-state index in [0.29, 0.717) is 24.4 Å². The number of hydrogen-bond acceptors (Lipinski definition) is 3. The van der Waals surface area contributed by atoms with Gasteiger partial charge in [-0.3, -0.25) is 14.6 Å². The number of benzene rings is 1. The third-order valence-electron chi connectivity index (χ3n) is 5.51. The standard InChI is InChI=1S/C23H29N3O2/c1-17-22(20(13-14-24-17)19-9-5-4-6-10-19)23(28)26-15-7-8-18(16-26)11-12-21(27)25(2)3/h4-6,9-10,13-14,18H,7-8,11-12,15-16H2,1-3H3. The molecule has 5 heteroatoms. The Hall–Kier alpha value is -2.69.